The molecule has 10 heteroatoms. The van der Waals surface area contributed by atoms with Gasteiger partial charge in [-0.3, -0.25) is 24.5 Å². The highest BCUT2D eigenvalue weighted by Crippen LogP contribution is 1.75. The molecular formula is C10H18N4O6. The van der Waals surface area contributed by atoms with Crippen LogP contribution in [0, 0.1) is 0 Å². The van der Waals surface area contributed by atoms with Crippen LogP contribution in [0.25, 0.3) is 0 Å². The minimum Gasteiger partial charge on any atom is -0.481 e. The van der Waals surface area contributed by atoms with Gasteiger partial charge in [0.1, 0.15) is 0 Å². The number of amides is 3. The van der Waals surface area contributed by atoms with E-state index >= 15 is 0 Å². The fourth-order valence-electron chi connectivity index (χ4n) is 1.02. The lowest BCUT2D eigenvalue weighted by Gasteiger charge is -2.07. The van der Waals surface area contributed by atoms with Gasteiger partial charge in [0.2, 0.25) is 17.7 Å². The molecule has 20 heavy (non-hydrogen) atoms. The molecule has 0 aromatic heterocycles. The summed E-state index contributed by atoms with van der Waals surface area (Å²) in [6, 6.07) is 0. The van der Waals surface area contributed by atoms with E-state index < -0.39 is 23.7 Å². The quantitative estimate of drug-likeness (QED) is 0.226. The number of aliphatic hydroxyl groups is 1. The lowest BCUT2D eigenvalue weighted by atomic mass is 10.4. The molecular weight excluding hydrogens is 272 g/mol. The number of carbonyl (C=O) groups is 4. The summed E-state index contributed by atoms with van der Waals surface area (Å²) in [7, 11) is 0. The summed E-state index contributed by atoms with van der Waals surface area (Å²) in [5.74, 6) is -2.59. The Bertz CT molecular complexity index is 360. The van der Waals surface area contributed by atoms with E-state index in [1.165, 1.54) is 0 Å². The summed E-state index contributed by atoms with van der Waals surface area (Å²) in [4.78, 5) is 43.6. The van der Waals surface area contributed by atoms with Crippen LogP contribution in [0.3, 0.4) is 0 Å². The van der Waals surface area contributed by atoms with E-state index in [9.17, 15) is 19.2 Å². The molecule has 0 spiro atoms. The highest BCUT2D eigenvalue weighted by atomic mass is 16.4. The number of carbonyl (C=O) groups excluding carboxylic acids is 3. The van der Waals surface area contributed by atoms with Gasteiger partial charge in [0.05, 0.1) is 32.8 Å². The number of aliphatic carboxylic acids is 1. The number of hydrogen-bond donors (Lipinski definition) is 6. The molecule has 0 aromatic rings. The normalized spacial score (nSPS) is 9.65. The lowest BCUT2D eigenvalue weighted by Crippen LogP contribution is -2.44. The summed E-state index contributed by atoms with van der Waals surface area (Å²) < 4.78 is 0. The molecule has 0 bridgehead atoms. The Morgan fingerprint density at radius 3 is 1.80 bits per heavy atom. The number of rotatable bonds is 10. The maximum atomic E-state index is 11.2. The van der Waals surface area contributed by atoms with E-state index in [2.05, 4.69) is 21.3 Å². The first kappa shape index (κ1) is 17.8. The molecule has 0 atom stereocenters. The molecule has 114 valence electrons. The highest BCUT2D eigenvalue weighted by molar-refractivity contribution is 5.88. The number of aliphatic hydroxyl groups excluding tert-OH is 1. The van der Waals surface area contributed by atoms with Crippen molar-refractivity contribution in [1.29, 1.82) is 0 Å². The van der Waals surface area contributed by atoms with E-state index in [1.54, 1.807) is 0 Å². The summed E-state index contributed by atoms with van der Waals surface area (Å²) in [6.07, 6.45) is -0.201. The van der Waals surface area contributed by atoms with Gasteiger partial charge in [0.25, 0.3) is 0 Å². The Hall–Kier alpha value is -2.20. The van der Waals surface area contributed by atoms with Crippen LogP contribution in [0.15, 0.2) is 0 Å². The zero-order valence-corrected chi connectivity index (χ0v) is 10.8. The standard InChI is InChI=1S/C10H18N4O6/c15-6-11-3-7(16)13-5-9(18)14-4-8(17)12-2-1-10(19)20/h11,15H,1-6H2,(H,12,17)(H,13,16)(H,14,18)(H,19,20). The fourth-order valence-corrected chi connectivity index (χ4v) is 1.02. The molecule has 0 saturated heterocycles. The van der Waals surface area contributed by atoms with Crippen LogP contribution in [0.4, 0.5) is 0 Å². The Morgan fingerprint density at radius 1 is 0.800 bits per heavy atom. The van der Waals surface area contributed by atoms with E-state index in [0.29, 0.717) is 0 Å². The second-order valence-electron chi connectivity index (χ2n) is 3.63. The van der Waals surface area contributed by atoms with E-state index in [1.807, 2.05) is 0 Å². The van der Waals surface area contributed by atoms with Crippen LogP contribution in [0.2, 0.25) is 0 Å². The Morgan fingerprint density at radius 2 is 1.30 bits per heavy atom. The molecule has 0 aromatic carbocycles. The molecule has 10 nitrogen and oxygen atoms in total. The van der Waals surface area contributed by atoms with E-state index in [0.717, 1.165) is 0 Å². The average molecular weight is 290 g/mol. The van der Waals surface area contributed by atoms with Crippen molar-refractivity contribution in [3.05, 3.63) is 0 Å². The molecule has 0 aliphatic carbocycles. The lowest BCUT2D eigenvalue weighted by molar-refractivity contribution is -0.137. The van der Waals surface area contributed by atoms with Gasteiger partial charge in [-0.05, 0) is 0 Å². The highest BCUT2D eigenvalue weighted by Gasteiger charge is 2.07. The van der Waals surface area contributed by atoms with Crippen LogP contribution in [0.5, 0.6) is 0 Å². The van der Waals surface area contributed by atoms with Gasteiger partial charge >= 0.3 is 5.97 Å². The molecule has 0 unspecified atom stereocenters. The van der Waals surface area contributed by atoms with Gasteiger partial charge in [0.15, 0.2) is 0 Å². The molecule has 0 rings (SSSR count). The van der Waals surface area contributed by atoms with Crippen molar-refractivity contribution in [2.45, 2.75) is 6.42 Å². The van der Waals surface area contributed by atoms with Gasteiger partial charge in [-0.25, -0.2) is 0 Å². The van der Waals surface area contributed by atoms with Crippen molar-refractivity contribution in [3.63, 3.8) is 0 Å². The molecule has 0 heterocycles. The molecule has 0 aliphatic heterocycles. The minimum atomic E-state index is -1.03. The fraction of sp³-hybridized carbons (Fsp3) is 0.600. The second-order valence-corrected chi connectivity index (χ2v) is 3.63. The first-order valence-corrected chi connectivity index (χ1v) is 5.79. The Labute approximate surface area is 114 Å². The SMILES string of the molecule is O=C(O)CCNC(=O)CNC(=O)CNC(=O)CNCO. The van der Waals surface area contributed by atoms with Crippen LogP contribution in [-0.4, -0.2) is 66.8 Å². The molecule has 3 amide bonds. The first-order valence-electron chi connectivity index (χ1n) is 5.79. The largest absolute Gasteiger partial charge is 0.481 e. The molecule has 0 fully saturated rings. The Kier molecular flexibility index (Phi) is 9.52. The summed E-state index contributed by atoms with van der Waals surface area (Å²) >= 11 is 0. The molecule has 0 saturated carbocycles. The van der Waals surface area contributed by atoms with Crippen LogP contribution >= 0.6 is 0 Å². The van der Waals surface area contributed by atoms with Crippen molar-refractivity contribution in [3.8, 4) is 0 Å². The number of carboxylic acids is 1. The van der Waals surface area contributed by atoms with Crippen LogP contribution in [-0.2, 0) is 19.2 Å². The predicted molar refractivity (Wildman–Crippen MR) is 66.4 cm³/mol. The zero-order chi connectivity index (χ0) is 15.4. The minimum absolute atomic E-state index is 0.0202. The second kappa shape index (κ2) is 10.7. The summed E-state index contributed by atoms with van der Waals surface area (Å²) in [5, 5.41) is 25.9. The van der Waals surface area contributed by atoms with Gasteiger partial charge in [-0.2, -0.15) is 0 Å². The third-order valence-corrected chi connectivity index (χ3v) is 1.95. The average Bonchev–Trinajstić information content (AvgIpc) is 2.40. The Balaban J connectivity index is 3.64. The molecule has 0 radical (unpaired) electrons. The van der Waals surface area contributed by atoms with Gasteiger partial charge in [0, 0.05) is 6.54 Å². The number of carboxylic acid groups (broad SMARTS) is 1. The maximum absolute atomic E-state index is 11.2. The van der Waals surface area contributed by atoms with Crippen molar-refractivity contribution in [2.75, 3.05) is 32.9 Å². The third kappa shape index (κ3) is 10.9. The van der Waals surface area contributed by atoms with Gasteiger partial charge < -0.3 is 26.2 Å². The number of hydrogen-bond acceptors (Lipinski definition) is 6. The van der Waals surface area contributed by atoms with Gasteiger partial charge in [-0.15, -0.1) is 0 Å². The predicted octanol–water partition coefficient (Wildman–Crippen LogP) is -3.65. The summed E-state index contributed by atoms with van der Waals surface area (Å²) in [6.45, 7) is -1.10. The summed E-state index contributed by atoms with van der Waals surface area (Å²) in [5.41, 5.74) is 0. The zero-order valence-electron chi connectivity index (χ0n) is 10.8. The first-order chi connectivity index (χ1) is 9.45. The van der Waals surface area contributed by atoms with Gasteiger partial charge in [-0.1, -0.05) is 0 Å². The van der Waals surface area contributed by atoms with Crippen LogP contribution in [0.1, 0.15) is 6.42 Å². The number of nitrogens with one attached hydrogen (secondary N) is 4. The monoisotopic (exact) mass is 290 g/mol. The van der Waals surface area contributed by atoms with E-state index in [-0.39, 0.29) is 39.3 Å². The van der Waals surface area contributed by atoms with Crippen molar-refractivity contribution >= 4 is 23.7 Å². The topological polar surface area (TPSA) is 157 Å². The van der Waals surface area contributed by atoms with Crippen molar-refractivity contribution in [1.82, 2.24) is 21.3 Å². The smallest absolute Gasteiger partial charge is 0.305 e. The van der Waals surface area contributed by atoms with Crippen LogP contribution < -0.4 is 21.3 Å². The van der Waals surface area contributed by atoms with E-state index in [4.69, 9.17) is 10.2 Å². The van der Waals surface area contributed by atoms with Crippen molar-refractivity contribution < 1.29 is 29.4 Å². The van der Waals surface area contributed by atoms with Crippen molar-refractivity contribution in [2.24, 2.45) is 0 Å². The third-order valence-electron chi connectivity index (χ3n) is 1.95. The molecule has 0 aliphatic rings. The molecule has 6 N–H and O–H groups in total. The maximum Gasteiger partial charge on any atom is 0.305 e.